The first kappa shape index (κ1) is 18.6. The van der Waals surface area contributed by atoms with Crippen LogP contribution in [0, 0.1) is 0 Å². The van der Waals surface area contributed by atoms with Crippen molar-refractivity contribution in [3.05, 3.63) is 36.2 Å². The van der Waals surface area contributed by atoms with Gasteiger partial charge in [0.25, 0.3) is 0 Å². The Morgan fingerprint density at radius 3 is 2.64 bits per heavy atom. The van der Waals surface area contributed by atoms with Crippen LogP contribution in [0.4, 0.5) is 18.0 Å². The van der Waals surface area contributed by atoms with E-state index in [1.807, 2.05) is 0 Å². The molecule has 7 nitrogen and oxygen atoms in total. The van der Waals surface area contributed by atoms with Gasteiger partial charge in [-0.2, -0.15) is 0 Å². The normalized spacial score (nSPS) is 11.9. The second kappa shape index (κ2) is 6.99. The van der Waals surface area contributed by atoms with E-state index in [1.54, 1.807) is 26.8 Å². The Morgan fingerprint density at radius 2 is 2.00 bits per heavy atom. The Labute approximate surface area is 141 Å². The van der Waals surface area contributed by atoms with Gasteiger partial charge in [-0.05, 0) is 32.9 Å². The highest BCUT2D eigenvalue weighted by molar-refractivity contribution is 5.67. The number of carbonyl (C=O) groups is 1. The summed E-state index contributed by atoms with van der Waals surface area (Å²) in [6, 6.07) is 5.30. The van der Waals surface area contributed by atoms with Gasteiger partial charge in [0.05, 0.1) is 18.4 Å². The Balaban J connectivity index is 2.01. The fraction of sp³-hybridized carbons (Fsp3) is 0.400. The first-order valence-electron chi connectivity index (χ1n) is 7.26. The van der Waals surface area contributed by atoms with Crippen molar-refractivity contribution < 1.29 is 27.4 Å². The quantitative estimate of drug-likeness (QED) is 0.908. The van der Waals surface area contributed by atoms with E-state index in [2.05, 4.69) is 20.4 Å². The molecule has 0 aliphatic carbocycles. The summed E-state index contributed by atoms with van der Waals surface area (Å²) < 4.78 is 47.0. The molecule has 1 aromatic heterocycles. The molecule has 1 N–H and O–H groups in total. The van der Waals surface area contributed by atoms with Crippen molar-refractivity contribution >= 4 is 6.09 Å². The Bertz CT molecular complexity index is 738. The zero-order chi connectivity index (χ0) is 18.7. The number of alkyl carbamates (subject to hydrolysis) is 1. The fourth-order valence-electron chi connectivity index (χ4n) is 1.81. The minimum atomic E-state index is -4.77. The number of hydrogen-bond donors (Lipinski definition) is 1. The van der Waals surface area contributed by atoms with Crippen LogP contribution < -0.4 is 10.1 Å². The molecule has 0 atom stereocenters. The molecular formula is C15H17F3N4O3. The molecule has 0 saturated heterocycles. The molecule has 0 bridgehead atoms. The number of rotatable bonds is 4. The minimum absolute atomic E-state index is 0.0631. The summed E-state index contributed by atoms with van der Waals surface area (Å²) >= 11 is 0. The van der Waals surface area contributed by atoms with Crippen LogP contribution >= 0.6 is 0 Å². The van der Waals surface area contributed by atoms with Crippen molar-refractivity contribution in [2.45, 2.75) is 39.3 Å². The minimum Gasteiger partial charge on any atom is -0.444 e. The zero-order valence-electron chi connectivity index (χ0n) is 13.8. The van der Waals surface area contributed by atoms with Crippen LogP contribution in [-0.4, -0.2) is 33.1 Å². The van der Waals surface area contributed by atoms with E-state index in [9.17, 15) is 18.0 Å². The third kappa shape index (κ3) is 6.32. The highest BCUT2D eigenvalue weighted by Crippen LogP contribution is 2.24. The van der Waals surface area contributed by atoms with Crippen LogP contribution in [0.5, 0.6) is 5.75 Å². The predicted octanol–water partition coefficient (Wildman–Crippen LogP) is 3.19. The Morgan fingerprint density at radius 1 is 1.28 bits per heavy atom. The zero-order valence-corrected chi connectivity index (χ0v) is 13.8. The van der Waals surface area contributed by atoms with Crippen LogP contribution in [0.2, 0.25) is 0 Å². The lowest BCUT2D eigenvalue weighted by Crippen LogP contribution is -2.32. The van der Waals surface area contributed by atoms with Gasteiger partial charge in [0.2, 0.25) is 0 Å². The fourth-order valence-corrected chi connectivity index (χ4v) is 1.81. The van der Waals surface area contributed by atoms with Crippen molar-refractivity contribution in [1.29, 1.82) is 0 Å². The number of halogens is 3. The van der Waals surface area contributed by atoms with Gasteiger partial charge < -0.3 is 14.8 Å². The highest BCUT2D eigenvalue weighted by Gasteiger charge is 2.31. The molecule has 2 rings (SSSR count). The second-order valence-corrected chi connectivity index (χ2v) is 6.06. The number of carbonyl (C=O) groups excluding carboxylic acids is 1. The molecule has 10 heteroatoms. The molecule has 0 saturated carbocycles. The number of nitrogens with zero attached hydrogens (tertiary/aromatic N) is 3. The number of nitrogens with one attached hydrogen (secondary N) is 1. The molecule has 0 unspecified atom stereocenters. The molecule has 0 spiro atoms. The molecule has 0 radical (unpaired) electrons. The molecule has 0 aliphatic heterocycles. The van der Waals surface area contributed by atoms with Crippen molar-refractivity contribution in [3.8, 4) is 11.4 Å². The summed E-state index contributed by atoms with van der Waals surface area (Å²) in [7, 11) is 0. The molecule has 0 aliphatic rings. The van der Waals surface area contributed by atoms with E-state index in [4.69, 9.17) is 4.74 Å². The smallest absolute Gasteiger partial charge is 0.444 e. The number of ether oxygens (including phenoxy) is 2. The average Bonchev–Trinajstić information content (AvgIpc) is 2.90. The number of benzene rings is 1. The summed E-state index contributed by atoms with van der Waals surface area (Å²) in [6.07, 6.45) is -3.91. The lowest BCUT2D eigenvalue weighted by molar-refractivity contribution is -0.274. The molecular weight excluding hydrogens is 341 g/mol. The molecule has 2 aromatic rings. The summed E-state index contributed by atoms with van der Waals surface area (Å²) in [6.45, 7) is 5.27. The maximum Gasteiger partial charge on any atom is 0.573 e. The lowest BCUT2D eigenvalue weighted by Gasteiger charge is -2.19. The molecule has 25 heavy (non-hydrogen) atoms. The van der Waals surface area contributed by atoms with Gasteiger partial charge in [-0.3, -0.25) is 0 Å². The molecule has 1 aromatic carbocycles. The number of amides is 1. The average molecular weight is 358 g/mol. The number of aromatic nitrogens is 3. The lowest BCUT2D eigenvalue weighted by atomic mass is 10.2. The number of hydrogen-bond acceptors (Lipinski definition) is 5. The standard InChI is InChI=1S/C15H17F3N4O3/c1-14(2,3)25-13(23)19-8-10-9-22(21-20-10)11-5-4-6-12(7-11)24-15(16,17)18/h4-7,9H,8H2,1-3H3,(H,19,23). The van der Waals surface area contributed by atoms with Crippen LogP contribution in [-0.2, 0) is 11.3 Å². The first-order chi connectivity index (χ1) is 11.5. The molecule has 1 amide bonds. The van der Waals surface area contributed by atoms with Crippen LogP contribution in [0.15, 0.2) is 30.5 Å². The molecule has 0 fully saturated rings. The first-order valence-corrected chi connectivity index (χ1v) is 7.26. The third-order valence-corrected chi connectivity index (χ3v) is 2.67. The summed E-state index contributed by atoms with van der Waals surface area (Å²) in [4.78, 5) is 11.6. The maximum absolute atomic E-state index is 12.3. The van der Waals surface area contributed by atoms with Crippen molar-refractivity contribution in [1.82, 2.24) is 20.3 Å². The van der Waals surface area contributed by atoms with Crippen LogP contribution in [0.1, 0.15) is 26.5 Å². The summed E-state index contributed by atoms with van der Waals surface area (Å²) in [5.74, 6) is -0.367. The highest BCUT2D eigenvalue weighted by atomic mass is 19.4. The van der Waals surface area contributed by atoms with E-state index in [0.29, 0.717) is 11.4 Å². The Hall–Kier alpha value is -2.78. The van der Waals surface area contributed by atoms with Gasteiger partial charge in [0, 0.05) is 6.07 Å². The molecule has 1 heterocycles. The van der Waals surface area contributed by atoms with Crippen LogP contribution in [0.3, 0.4) is 0 Å². The number of alkyl halides is 3. The Kier molecular flexibility index (Phi) is 5.19. The third-order valence-electron chi connectivity index (χ3n) is 2.67. The van der Waals surface area contributed by atoms with Crippen molar-refractivity contribution in [3.63, 3.8) is 0 Å². The SMILES string of the molecule is CC(C)(C)OC(=O)NCc1cn(-c2cccc(OC(F)(F)F)c2)nn1. The predicted molar refractivity (Wildman–Crippen MR) is 81.1 cm³/mol. The van der Waals surface area contributed by atoms with E-state index >= 15 is 0 Å². The largest absolute Gasteiger partial charge is 0.573 e. The van der Waals surface area contributed by atoms with Gasteiger partial charge in [-0.25, -0.2) is 9.48 Å². The maximum atomic E-state index is 12.3. The molecule has 136 valence electrons. The summed E-state index contributed by atoms with van der Waals surface area (Å²) in [5.41, 5.74) is 0.117. The van der Waals surface area contributed by atoms with E-state index < -0.39 is 18.1 Å². The van der Waals surface area contributed by atoms with Crippen molar-refractivity contribution in [2.75, 3.05) is 0 Å². The van der Waals surface area contributed by atoms with Gasteiger partial charge in [-0.1, -0.05) is 11.3 Å². The van der Waals surface area contributed by atoms with E-state index in [-0.39, 0.29) is 12.3 Å². The van der Waals surface area contributed by atoms with Gasteiger partial charge in [-0.15, -0.1) is 18.3 Å². The van der Waals surface area contributed by atoms with Gasteiger partial charge in [0.1, 0.15) is 17.0 Å². The van der Waals surface area contributed by atoms with Crippen molar-refractivity contribution in [2.24, 2.45) is 0 Å². The van der Waals surface area contributed by atoms with Crippen LogP contribution in [0.25, 0.3) is 5.69 Å². The van der Waals surface area contributed by atoms with Gasteiger partial charge >= 0.3 is 12.5 Å². The van der Waals surface area contributed by atoms with Gasteiger partial charge in [0.15, 0.2) is 0 Å². The summed E-state index contributed by atoms with van der Waals surface area (Å²) in [5, 5.41) is 10.2. The topological polar surface area (TPSA) is 78.3 Å². The monoisotopic (exact) mass is 358 g/mol. The van der Waals surface area contributed by atoms with E-state index in [0.717, 1.165) is 0 Å². The second-order valence-electron chi connectivity index (χ2n) is 6.06. The van der Waals surface area contributed by atoms with E-state index in [1.165, 1.54) is 29.1 Å².